The van der Waals surface area contributed by atoms with Crippen LogP contribution in [0.5, 0.6) is 5.75 Å². The maximum atomic E-state index is 13.0. The zero-order valence-corrected chi connectivity index (χ0v) is 15.6. The number of rotatable bonds is 11. The highest BCUT2D eigenvalue weighted by molar-refractivity contribution is 5.80. The van der Waals surface area contributed by atoms with E-state index in [1.807, 2.05) is 18.2 Å². The van der Waals surface area contributed by atoms with Crippen molar-refractivity contribution in [2.24, 2.45) is 0 Å². The summed E-state index contributed by atoms with van der Waals surface area (Å²) in [7, 11) is 0. The highest BCUT2D eigenvalue weighted by Crippen LogP contribution is 2.21. The summed E-state index contributed by atoms with van der Waals surface area (Å²) in [6.07, 6.45) is 8.70. The summed E-state index contributed by atoms with van der Waals surface area (Å²) in [6.45, 7) is 3.09. The fourth-order valence-electron chi connectivity index (χ4n) is 2.82. The third kappa shape index (κ3) is 7.40. The lowest BCUT2D eigenvalue weighted by Crippen LogP contribution is -1.97. The first kappa shape index (κ1) is 20.2. The summed E-state index contributed by atoms with van der Waals surface area (Å²) in [6, 6.07) is 14.6. The normalized spacial score (nSPS) is 11.6. The van der Waals surface area contributed by atoms with Gasteiger partial charge in [-0.15, -0.1) is 0 Å². The van der Waals surface area contributed by atoms with Crippen LogP contribution < -0.4 is 4.74 Å². The topological polar surface area (TPSA) is 29.5 Å². The quantitative estimate of drug-likeness (QED) is 0.389. The number of allylic oxidation sites excluding steroid dienone is 1. The Morgan fingerprint density at radius 3 is 2.15 bits per heavy atom. The van der Waals surface area contributed by atoms with E-state index in [1.165, 1.54) is 31.4 Å². The van der Waals surface area contributed by atoms with Crippen LogP contribution in [0.1, 0.15) is 56.6 Å². The van der Waals surface area contributed by atoms with Crippen LogP contribution >= 0.6 is 0 Å². The summed E-state index contributed by atoms with van der Waals surface area (Å²) in [5.41, 5.74) is 3.25. The van der Waals surface area contributed by atoms with E-state index in [9.17, 15) is 4.39 Å². The van der Waals surface area contributed by atoms with Gasteiger partial charge in [-0.05, 0) is 60.7 Å². The van der Waals surface area contributed by atoms with Crippen molar-refractivity contribution >= 4 is 11.6 Å². The second kappa shape index (κ2) is 11.5. The minimum atomic E-state index is -0.216. The molecule has 140 valence electrons. The van der Waals surface area contributed by atoms with Crippen molar-refractivity contribution in [3.05, 3.63) is 65.5 Å². The molecule has 0 unspecified atom stereocenters. The van der Waals surface area contributed by atoms with Gasteiger partial charge in [-0.2, -0.15) is 0 Å². The Labute approximate surface area is 156 Å². The molecule has 0 saturated carbocycles. The van der Waals surface area contributed by atoms with Crippen molar-refractivity contribution in [2.75, 3.05) is 13.2 Å². The minimum absolute atomic E-state index is 0.216. The van der Waals surface area contributed by atoms with E-state index in [0.29, 0.717) is 6.61 Å². The van der Waals surface area contributed by atoms with Gasteiger partial charge in [-0.1, -0.05) is 56.0 Å². The predicted molar refractivity (Wildman–Crippen MR) is 107 cm³/mol. The van der Waals surface area contributed by atoms with Crippen LogP contribution in [0.15, 0.2) is 48.5 Å². The van der Waals surface area contributed by atoms with Gasteiger partial charge in [0, 0.05) is 6.61 Å². The SMILES string of the molecule is C/C(=C\c1ccc(F)cc1)c1ccc(OCCCCCCCCO)cc1. The molecule has 0 aliphatic carbocycles. The van der Waals surface area contributed by atoms with E-state index in [4.69, 9.17) is 9.84 Å². The van der Waals surface area contributed by atoms with Gasteiger partial charge in [0.05, 0.1) is 6.61 Å². The van der Waals surface area contributed by atoms with E-state index in [-0.39, 0.29) is 5.82 Å². The van der Waals surface area contributed by atoms with Gasteiger partial charge in [0.1, 0.15) is 11.6 Å². The van der Waals surface area contributed by atoms with Gasteiger partial charge in [0.2, 0.25) is 0 Å². The molecule has 0 aromatic heterocycles. The van der Waals surface area contributed by atoms with Crippen LogP contribution in [0.25, 0.3) is 11.6 Å². The van der Waals surface area contributed by atoms with Crippen molar-refractivity contribution < 1.29 is 14.2 Å². The average molecular weight is 356 g/mol. The molecule has 0 aliphatic heterocycles. The minimum Gasteiger partial charge on any atom is -0.494 e. The van der Waals surface area contributed by atoms with Crippen LogP contribution in [0, 0.1) is 5.82 Å². The molecule has 0 spiro atoms. The summed E-state index contributed by atoms with van der Waals surface area (Å²) < 4.78 is 18.8. The van der Waals surface area contributed by atoms with Crippen LogP contribution in [-0.2, 0) is 0 Å². The van der Waals surface area contributed by atoms with Crippen molar-refractivity contribution in [3.8, 4) is 5.75 Å². The van der Waals surface area contributed by atoms with Crippen molar-refractivity contribution in [1.82, 2.24) is 0 Å². The predicted octanol–water partition coefficient (Wildman–Crippen LogP) is 6.10. The van der Waals surface area contributed by atoms with Gasteiger partial charge < -0.3 is 9.84 Å². The van der Waals surface area contributed by atoms with Crippen molar-refractivity contribution in [2.45, 2.75) is 45.4 Å². The number of hydrogen-bond donors (Lipinski definition) is 1. The molecule has 1 N–H and O–H groups in total. The second-order valence-corrected chi connectivity index (χ2v) is 6.60. The van der Waals surface area contributed by atoms with E-state index in [1.54, 1.807) is 12.1 Å². The zero-order chi connectivity index (χ0) is 18.6. The van der Waals surface area contributed by atoms with Crippen LogP contribution in [0.3, 0.4) is 0 Å². The Hall–Kier alpha value is -2.13. The number of hydrogen-bond acceptors (Lipinski definition) is 2. The maximum Gasteiger partial charge on any atom is 0.123 e. The Kier molecular flexibility index (Phi) is 8.91. The number of aliphatic hydroxyl groups is 1. The molecule has 2 nitrogen and oxygen atoms in total. The lowest BCUT2D eigenvalue weighted by atomic mass is 10.0. The molecule has 0 atom stereocenters. The molecular formula is C23H29FO2. The highest BCUT2D eigenvalue weighted by Gasteiger charge is 1.99. The molecule has 26 heavy (non-hydrogen) atoms. The average Bonchev–Trinajstić information content (AvgIpc) is 2.66. The maximum absolute atomic E-state index is 13.0. The van der Waals surface area contributed by atoms with E-state index in [0.717, 1.165) is 48.3 Å². The molecule has 0 aliphatic rings. The zero-order valence-electron chi connectivity index (χ0n) is 15.6. The molecule has 0 radical (unpaired) electrons. The monoisotopic (exact) mass is 356 g/mol. The third-order valence-corrected chi connectivity index (χ3v) is 4.38. The summed E-state index contributed by atoms with van der Waals surface area (Å²) >= 11 is 0. The molecule has 0 bridgehead atoms. The molecule has 0 fully saturated rings. The van der Waals surface area contributed by atoms with Crippen molar-refractivity contribution in [1.29, 1.82) is 0 Å². The number of aliphatic hydroxyl groups excluding tert-OH is 1. The molecule has 2 rings (SSSR count). The fourth-order valence-corrected chi connectivity index (χ4v) is 2.82. The lowest BCUT2D eigenvalue weighted by Gasteiger charge is -2.08. The first-order valence-corrected chi connectivity index (χ1v) is 9.47. The van der Waals surface area contributed by atoms with Crippen LogP contribution in [0.2, 0.25) is 0 Å². The number of ether oxygens (including phenoxy) is 1. The van der Waals surface area contributed by atoms with Gasteiger partial charge in [-0.25, -0.2) is 4.39 Å². The second-order valence-electron chi connectivity index (χ2n) is 6.60. The Bertz CT molecular complexity index is 660. The largest absolute Gasteiger partial charge is 0.494 e. The molecule has 0 heterocycles. The first-order valence-electron chi connectivity index (χ1n) is 9.47. The highest BCUT2D eigenvalue weighted by atomic mass is 19.1. The number of unbranched alkanes of at least 4 members (excludes halogenated alkanes) is 5. The van der Waals surface area contributed by atoms with Gasteiger partial charge in [0.15, 0.2) is 0 Å². The fraction of sp³-hybridized carbons (Fsp3) is 0.391. The summed E-state index contributed by atoms with van der Waals surface area (Å²) in [5.74, 6) is 0.676. The van der Waals surface area contributed by atoms with E-state index in [2.05, 4.69) is 19.1 Å². The summed E-state index contributed by atoms with van der Waals surface area (Å²) in [4.78, 5) is 0. The van der Waals surface area contributed by atoms with Gasteiger partial charge >= 0.3 is 0 Å². The first-order chi connectivity index (χ1) is 12.7. The van der Waals surface area contributed by atoms with Gasteiger partial charge in [0.25, 0.3) is 0 Å². The molecule has 2 aromatic carbocycles. The molecule has 0 amide bonds. The van der Waals surface area contributed by atoms with Crippen LogP contribution in [-0.4, -0.2) is 18.3 Å². The molecule has 0 saturated heterocycles. The van der Waals surface area contributed by atoms with Gasteiger partial charge in [-0.3, -0.25) is 0 Å². The Balaban J connectivity index is 1.74. The van der Waals surface area contributed by atoms with E-state index < -0.39 is 0 Å². The standard InChI is InChI=1S/C23H29FO2/c1-19(18-20-8-12-22(24)13-9-20)21-10-14-23(15-11-21)26-17-7-5-3-2-4-6-16-25/h8-15,18,25H,2-7,16-17H2,1H3/b19-18+. The molecular weight excluding hydrogens is 327 g/mol. The van der Waals surface area contributed by atoms with Crippen molar-refractivity contribution in [3.63, 3.8) is 0 Å². The lowest BCUT2D eigenvalue weighted by molar-refractivity contribution is 0.280. The smallest absolute Gasteiger partial charge is 0.123 e. The Morgan fingerprint density at radius 2 is 1.50 bits per heavy atom. The molecule has 2 aromatic rings. The Morgan fingerprint density at radius 1 is 0.885 bits per heavy atom. The van der Waals surface area contributed by atoms with E-state index >= 15 is 0 Å². The van der Waals surface area contributed by atoms with Crippen LogP contribution in [0.4, 0.5) is 4.39 Å². The number of halogens is 1. The third-order valence-electron chi connectivity index (χ3n) is 4.38. The number of benzene rings is 2. The molecule has 3 heteroatoms. The summed E-state index contributed by atoms with van der Waals surface area (Å²) in [5, 5.41) is 8.73.